The number of hydrogen-bond donors (Lipinski definition) is 0. The molecule has 0 N–H and O–H groups in total. The molecule has 0 aromatic carbocycles. The van der Waals surface area contributed by atoms with E-state index in [1.165, 1.54) is 6.26 Å². The van der Waals surface area contributed by atoms with Crippen molar-refractivity contribution in [1.29, 1.82) is 0 Å². The summed E-state index contributed by atoms with van der Waals surface area (Å²) in [5, 5.41) is 0. The molecule has 0 saturated heterocycles. The Morgan fingerprint density at radius 3 is 2.04 bits per heavy atom. The van der Waals surface area contributed by atoms with E-state index in [-0.39, 0.29) is 19.4 Å². The van der Waals surface area contributed by atoms with Crippen LogP contribution in [-0.4, -0.2) is 37.2 Å². The minimum absolute atomic E-state index is 0.0711. The van der Waals surface area contributed by atoms with Gasteiger partial charge in [-0.25, -0.2) is 0 Å². The van der Waals surface area contributed by atoms with Gasteiger partial charge in [-0.2, -0.15) is 30.7 Å². The van der Waals surface area contributed by atoms with Crippen LogP contribution in [0.3, 0.4) is 0 Å². The number of carbonyl (C=O) groups is 1. The average Bonchev–Trinajstić information content (AvgIpc) is 2.46. The average molecular weight is 368 g/mol. The Morgan fingerprint density at radius 1 is 0.917 bits per heavy atom. The summed E-state index contributed by atoms with van der Waals surface area (Å²) in [5.41, 5.74) is 0. The van der Waals surface area contributed by atoms with Crippen LogP contribution in [0, 0.1) is 0 Å². The lowest BCUT2D eigenvalue weighted by Crippen LogP contribution is -2.51. The SMILES string of the molecule is C=COCCCCOC(=O)CCCCC(F)(F)C(F)(F)C(F)(F)F. The summed E-state index contributed by atoms with van der Waals surface area (Å²) in [7, 11) is 0. The number of hydrogen-bond acceptors (Lipinski definition) is 3. The first kappa shape index (κ1) is 22.5. The second kappa shape index (κ2) is 9.73. The number of halogens is 7. The van der Waals surface area contributed by atoms with Gasteiger partial charge in [-0.05, 0) is 25.7 Å². The van der Waals surface area contributed by atoms with Gasteiger partial charge in [0.25, 0.3) is 0 Å². The minimum atomic E-state index is -6.33. The molecule has 0 fully saturated rings. The fraction of sp³-hybridized carbons (Fsp3) is 0.786. The summed E-state index contributed by atoms with van der Waals surface area (Å²) < 4.78 is 96.4. The standard InChI is InChI=1S/C14H19F7O3/c1-2-23-9-5-6-10-24-11(22)7-3-4-8-12(15,16)13(17,18)14(19,20)21/h2H,1,3-10H2. The molecular formula is C14H19F7O3. The van der Waals surface area contributed by atoms with E-state index < -0.39 is 36.8 Å². The summed E-state index contributed by atoms with van der Waals surface area (Å²) >= 11 is 0. The van der Waals surface area contributed by atoms with Crippen molar-refractivity contribution in [3.8, 4) is 0 Å². The van der Waals surface area contributed by atoms with Crippen LogP contribution in [0.15, 0.2) is 12.8 Å². The first-order valence-electron chi connectivity index (χ1n) is 7.16. The lowest BCUT2D eigenvalue weighted by molar-refractivity contribution is -0.355. The predicted octanol–water partition coefficient (Wildman–Crippen LogP) is 4.86. The first-order chi connectivity index (χ1) is 11.0. The zero-order chi connectivity index (χ0) is 18.9. The molecular weight excluding hydrogens is 349 g/mol. The highest BCUT2D eigenvalue weighted by Crippen LogP contribution is 2.48. The monoisotopic (exact) mass is 368 g/mol. The van der Waals surface area contributed by atoms with Crippen molar-refractivity contribution < 1.29 is 45.0 Å². The maximum atomic E-state index is 13.0. The Kier molecular flexibility index (Phi) is 9.13. The third-order valence-corrected chi connectivity index (χ3v) is 2.97. The number of alkyl halides is 7. The van der Waals surface area contributed by atoms with Crippen molar-refractivity contribution in [2.24, 2.45) is 0 Å². The van der Waals surface area contributed by atoms with Crippen LogP contribution < -0.4 is 0 Å². The number of carbonyl (C=O) groups excluding carboxylic acids is 1. The molecule has 0 aliphatic heterocycles. The zero-order valence-corrected chi connectivity index (χ0v) is 12.8. The third-order valence-electron chi connectivity index (χ3n) is 2.97. The number of rotatable bonds is 12. The summed E-state index contributed by atoms with van der Waals surface area (Å²) in [6.07, 6.45) is -6.94. The quantitative estimate of drug-likeness (QED) is 0.214. The van der Waals surface area contributed by atoms with Gasteiger partial charge in [0.1, 0.15) is 0 Å². The Balaban J connectivity index is 3.96. The van der Waals surface area contributed by atoms with Gasteiger partial charge in [0.15, 0.2) is 0 Å². The molecule has 142 valence electrons. The van der Waals surface area contributed by atoms with Gasteiger partial charge in [-0.1, -0.05) is 6.58 Å². The maximum absolute atomic E-state index is 13.0. The molecule has 0 bridgehead atoms. The van der Waals surface area contributed by atoms with Crippen LogP contribution in [0.5, 0.6) is 0 Å². The van der Waals surface area contributed by atoms with Crippen molar-refractivity contribution in [2.75, 3.05) is 13.2 Å². The molecule has 0 aromatic heterocycles. The van der Waals surface area contributed by atoms with Gasteiger partial charge in [-0.15, -0.1) is 0 Å². The van der Waals surface area contributed by atoms with Crippen LogP contribution in [0.25, 0.3) is 0 Å². The summed E-state index contributed by atoms with van der Waals surface area (Å²) in [6, 6.07) is 0. The number of unbranched alkanes of at least 4 members (excludes halogenated alkanes) is 2. The molecule has 0 aliphatic rings. The molecule has 0 radical (unpaired) electrons. The van der Waals surface area contributed by atoms with Crippen molar-refractivity contribution in [2.45, 2.75) is 56.5 Å². The lowest BCUT2D eigenvalue weighted by atomic mass is 10.0. The van der Waals surface area contributed by atoms with Crippen molar-refractivity contribution in [3.63, 3.8) is 0 Å². The smallest absolute Gasteiger partial charge is 0.459 e. The van der Waals surface area contributed by atoms with E-state index in [1.807, 2.05) is 0 Å². The van der Waals surface area contributed by atoms with E-state index in [0.717, 1.165) is 0 Å². The van der Waals surface area contributed by atoms with Crippen LogP contribution >= 0.6 is 0 Å². The number of esters is 1. The highest BCUT2D eigenvalue weighted by molar-refractivity contribution is 5.69. The molecule has 0 unspecified atom stereocenters. The van der Waals surface area contributed by atoms with Crippen LogP contribution in [0.1, 0.15) is 38.5 Å². The fourth-order valence-corrected chi connectivity index (χ4v) is 1.61. The molecule has 0 aromatic rings. The van der Waals surface area contributed by atoms with Crippen LogP contribution in [0.4, 0.5) is 30.7 Å². The predicted molar refractivity (Wildman–Crippen MR) is 70.8 cm³/mol. The van der Waals surface area contributed by atoms with Gasteiger partial charge < -0.3 is 9.47 Å². The van der Waals surface area contributed by atoms with Crippen molar-refractivity contribution in [3.05, 3.63) is 12.8 Å². The van der Waals surface area contributed by atoms with Gasteiger partial charge >= 0.3 is 24.0 Å². The summed E-state index contributed by atoms with van der Waals surface area (Å²) in [4.78, 5) is 11.2. The van der Waals surface area contributed by atoms with E-state index in [9.17, 15) is 35.5 Å². The van der Waals surface area contributed by atoms with Crippen LogP contribution in [0.2, 0.25) is 0 Å². The van der Waals surface area contributed by atoms with Gasteiger partial charge in [-0.3, -0.25) is 4.79 Å². The van der Waals surface area contributed by atoms with Crippen LogP contribution in [-0.2, 0) is 14.3 Å². The van der Waals surface area contributed by atoms with E-state index in [2.05, 4.69) is 6.58 Å². The van der Waals surface area contributed by atoms with E-state index in [0.29, 0.717) is 19.4 Å². The van der Waals surface area contributed by atoms with Crippen molar-refractivity contribution >= 4 is 5.97 Å². The summed E-state index contributed by atoms with van der Waals surface area (Å²) in [6.45, 7) is 3.79. The molecule has 0 saturated carbocycles. The first-order valence-corrected chi connectivity index (χ1v) is 7.16. The molecule has 0 aliphatic carbocycles. The molecule has 3 nitrogen and oxygen atoms in total. The van der Waals surface area contributed by atoms with Gasteiger partial charge in [0.05, 0.1) is 19.5 Å². The molecule has 24 heavy (non-hydrogen) atoms. The highest BCUT2D eigenvalue weighted by Gasteiger charge is 2.72. The lowest BCUT2D eigenvalue weighted by Gasteiger charge is -2.28. The number of ether oxygens (including phenoxy) is 2. The molecule has 0 spiro atoms. The fourth-order valence-electron chi connectivity index (χ4n) is 1.61. The largest absolute Gasteiger partial charge is 0.502 e. The maximum Gasteiger partial charge on any atom is 0.459 e. The second-order valence-corrected chi connectivity index (χ2v) is 4.95. The zero-order valence-electron chi connectivity index (χ0n) is 12.8. The second-order valence-electron chi connectivity index (χ2n) is 4.95. The topological polar surface area (TPSA) is 35.5 Å². The van der Waals surface area contributed by atoms with E-state index >= 15 is 0 Å². The normalized spacial score (nSPS) is 12.8. The minimum Gasteiger partial charge on any atom is -0.502 e. The van der Waals surface area contributed by atoms with E-state index in [4.69, 9.17) is 9.47 Å². The van der Waals surface area contributed by atoms with Crippen molar-refractivity contribution in [1.82, 2.24) is 0 Å². The molecule has 0 atom stereocenters. The molecule has 0 rings (SSSR count). The van der Waals surface area contributed by atoms with Gasteiger partial charge in [0, 0.05) is 12.8 Å². The summed E-state index contributed by atoms with van der Waals surface area (Å²) in [5.74, 6) is -12.1. The molecule has 0 heterocycles. The van der Waals surface area contributed by atoms with E-state index in [1.54, 1.807) is 0 Å². The third kappa shape index (κ3) is 7.39. The Labute approximate surface area is 134 Å². The molecule has 10 heteroatoms. The Morgan fingerprint density at radius 2 is 1.50 bits per heavy atom. The Bertz CT molecular complexity index is 394. The molecule has 0 amide bonds. The Hall–Kier alpha value is -1.48. The van der Waals surface area contributed by atoms with Gasteiger partial charge in [0.2, 0.25) is 0 Å². The highest BCUT2D eigenvalue weighted by atomic mass is 19.4.